The first-order chi connectivity index (χ1) is 13.3. The van der Waals surface area contributed by atoms with Crippen molar-refractivity contribution in [2.45, 2.75) is 31.5 Å². The van der Waals surface area contributed by atoms with Gasteiger partial charge in [-0.2, -0.15) is 0 Å². The van der Waals surface area contributed by atoms with Crippen molar-refractivity contribution in [3.05, 3.63) is 59.7 Å². The van der Waals surface area contributed by atoms with Crippen molar-refractivity contribution in [3.8, 4) is 0 Å². The van der Waals surface area contributed by atoms with E-state index in [1.165, 1.54) is 5.57 Å². The predicted molar refractivity (Wildman–Crippen MR) is 104 cm³/mol. The van der Waals surface area contributed by atoms with E-state index in [1.807, 2.05) is 18.2 Å². The van der Waals surface area contributed by atoms with Gasteiger partial charge in [0.2, 0.25) is 0 Å². The van der Waals surface area contributed by atoms with Crippen molar-refractivity contribution < 1.29 is 19.0 Å². The highest BCUT2D eigenvalue weighted by molar-refractivity contribution is 5.89. The lowest BCUT2D eigenvalue weighted by molar-refractivity contribution is -0.143. The van der Waals surface area contributed by atoms with E-state index in [0.29, 0.717) is 45.6 Å². The maximum Gasteiger partial charge on any atom is 0.125 e. The smallest absolute Gasteiger partial charge is 0.125 e. The minimum absolute atomic E-state index is 0.302. The molecule has 0 aromatic heterocycles. The molecular formula is C22H27NO4. The molecule has 1 aromatic carbocycles. The van der Waals surface area contributed by atoms with Gasteiger partial charge >= 0.3 is 0 Å². The number of rotatable bonds is 8. The van der Waals surface area contributed by atoms with E-state index in [-0.39, 0.29) is 0 Å². The summed E-state index contributed by atoms with van der Waals surface area (Å²) in [4.78, 5) is 5.27. The predicted octanol–water partition coefficient (Wildman–Crippen LogP) is 3.66. The van der Waals surface area contributed by atoms with Crippen LogP contribution in [0.2, 0.25) is 0 Å². The zero-order valence-corrected chi connectivity index (χ0v) is 15.6. The quantitative estimate of drug-likeness (QED) is 0.702. The van der Waals surface area contributed by atoms with Gasteiger partial charge in [-0.15, -0.1) is 0 Å². The first-order valence-electron chi connectivity index (χ1n) is 9.71. The fourth-order valence-electron chi connectivity index (χ4n) is 3.74. The summed E-state index contributed by atoms with van der Waals surface area (Å²) >= 11 is 0. The second-order valence-corrected chi connectivity index (χ2v) is 7.48. The third kappa shape index (κ3) is 4.86. The summed E-state index contributed by atoms with van der Waals surface area (Å²) in [6, 6.07) is 10.2. The molecule has 144 valence electrons. The van der Waals surface area contributed by atoms with Crippen LogP contribution >= 0.6 is 0 Å². The van der Waals surface area contributed by atoms with Crippen LogP contribution in [-0.2, 0) is 25.7 Å². The van der Waals surface area contributed by atoms with E-state index in [2.05, 4.69) is 35.5 Å². The molecule has 2 atom stereocenters. The maximum absolute atomic E-state index is 6.21. The van der Waals surface area contributed by atoms with Crippen molar-refractivity contribution in [1.82, 2.24) is 0 Å². The fraction of sp³-hybridized carbons (Fsp3) is 0.500. The molecule has 0 N–H and O–H groups in total. The molecule has 1 aliphatic carbocycles. The second-order valence-electron chi connectivity index (χ2n) is 7.48. The monoisotopic (exact) mass is 369 g/mol. The Morgan fingerprint density at radius 1 is 1.07 bits per heavy atom. The number of oxime groups is 1. The molecule has 4 rings (SSSR count). The number of benzene rings is 1. The lowest BCUT2D eigenvalue weighted by Gasteiger charge is -2.39. The summed E-state index contributed by atoms with van der Waals surface area (Å²) in [6.07, 6.45) is 9.63. The van der Waals surface area contributed by atoms with E-state index in [0.717, 1.165) is 30.5 Å². The molecule has 2 aliphatic heterocycles. The average Bonchev–Trinajstić information content (AvgIpc) is 3.17. The van der Waals surface area contributed by atoms with E-state index in [4.69, 9.17) is 19.0 Å². The van der Waals surface area contributed by atoms with Crippen LogP contribution in [0.3, 0.4) is 0 Å². The number of hydrogen-bond donors (Lipinski definition) is 0. The van der Waals surface area contributed by atoms with Gasteiger partial charge in [0, 0.05) is 5.92 Å². The Bertz CT molecular complexity index is 712. The summed E-state index contributed by atoms with van der Waals surface area (Å²) in [5.41, 5.74) is 2.95. The molecule has 0 radical (unpaired) electrons. The first-order valence-corrected chi connectivity index (χ1v) is 9.71. The van der Waals surface area contributed by atoms with Crippen molar-refractivity contribution in [1.29, 1.82) is 0 Å². The Morgan fingerprint density at radius 3 is 2.74 bits per heavy atom. The lowest BCUT2D eigenvalue weighted by Crippen LogP contribution is -2.50. The normalized spacial score (nSPS) is 26.9. The molecule has 1 aromatic rings. The summed E-state index contributed by atoms with van der Waals surface area (Å²) in [7, 11) is 0. The average molecular weight is 369 g/mol. The van der Waals surface area contributed by atoms with Gasteiger partial charge in [0.15, 0.2) is 0 Å². The lowest BCUT2D eigenvalue weighted by atomic mass is 9.86. The van der Waals surface area contributed by atoms with Gasteiger partial charge in [0.05, 0.1) is 38.7 Å². The van der Waals surface area contributed by atoms with Crippen LogP contribution < -0.4 is 0 Å². The molecule has 0 amide bonds. The van der Waals surface area contributed by atoms with Gasteiger partial charge in [-0.1, -0.05) is 53.7 Å². The highest BCUT2D eigenvalue weighted by atomic mass is 16.6. The molecular weight excluding hydrogens is 342 g/mol. The zero-order valence-electron chi connectivity index (χ0n) is 15.6. The van der Waals surface area contributed by atoms with Crippen molar-refractivity contribution >= 4 is 5.71 Å². The Kier molecular flexibility index (Phi) is 6.02. The molecule has 5 heteroatoms. The van der Waals surface area contributed by atoms with E-state index in [9.17, 15) is 0 Å². The number of ether oxygens (including phenoxy) is 3. The molecule has 3 aliphatic rings. The minimum Gasteiger partial charge on any atom is -0.395 e. The highest BCUT2D eigenvalue weighted by Gasteiger charge is 2.43. The number of fused-ring (bicyclic) bond motifs is 1. The van der Waals surface area contributed by atoms with Gasteiger partial charge in [-0.05, 0) is 30.4 Å². The third-order valence-corrected chi connectivity index (χ3v) is 5.26. The number of allylic oxidation sites excluding steroid dienone is 2. The Morgan fingerprint density at radius 2 is 1.93 bits per heavy atom. The van der Waals surface area contributed by atoms with Gasteiger partial charge in [-0.3, -0.25) is 0 Å². The second kappa shape index (κ2) is 8.83. The highest BCUT2D eigenvalue weighted by Crippen LogP contribution is 2.32. The van der Waals surface area contributed by atoms with Crippen molar-refractivity contribution in [2.75, 3.05) is 33.0 Å². The zero-order chi connectivity index (χ0) is 18.4. The Balaban J connectivity index is 1.35. The van der Waals surface area contributed by atoms with Crippen LogP contribution in [0.1, 0.15) is 24.8 Å². The number of hydrogen-bond acceptors (Lipinski definition) is 5. The van der Waals surface area contributed by atoms with Crippen LogP contribution in [0, 0.1) is 5.92 Å². The molecule has 0 spiro atoms. The van der Waals surface area contributed by atoms with Crippen LogP contribution in [0.5, 0.6) is 0 Å². The summed E-state index contributed by atoms with van der Waals surface area (Å²) in [6.45, 7) is 3.32. The van der Waals surface area contributed by atoms with Crippen LogP contribution in [0.25, 0.3) is 0 Å². The fourth-order valence-corrected chi connectivity index (χ4v) is 3.74. The van der Waals surface area contributed by atoms with E-state index >= 15 is 0 Å². The molecule has 2 heterocycles. The Hall–Kier alpha value is -1.95. The molecule has 1 fully saturated rings. The summed E-state index contributed by atoms with van der Waals surface area (Å²) in [5, 5.41) is 4.10. The van der Waals surface area contributed by atoms with Crippen molar-refractivity contribution in [2.24, 2.45) is 11.1 Å². The third-order valence-electron chi connectivity index (χ3n) is 5.26. The SMILES string of the molecule is C1=CC(COCC2(COCc3ccccc3)CC3CON=C3CO2)=CCC1. The molecule has 1 saturated heterocycles. The molecule has 27 heavy (non-hydrogen) atoms. The minimum atomic E-state index is -0.453. The van der Waals surface area contributed by atoms with Crippen LogP contribution in [0.4, 0.5) is 0 Å². The number of nitrogens with zero attached hydrogens (tertiary/aromatic N) is 1. The van der Waals surface area contributed by atoms with Crippen LogP contribution in [-0.4, -0.2) is 44.3 Å². The first kappa shape index (κ1) is 18.4. The van der Waals surface area contributed by atoms with E-state index < -0.39 is 5.60 Å². The van der Waals surface area contributed by atoms with Gasteiger partial charge < -0.3 is 19.0 Å². The Labute approximate surface area is 160 Å². The topological polar surface area (TPSA) is 49.3 Å². The van der Waals surface area contributed by atoms with Crippen LogP contribution in [0.15, 0.2) is 59.3 Å². The molecule has 0 bridgehead atoms. The standard InChI is InChI=1S/C22H27NO4/c1-3-7-18(8-4-1)12-24-16-22(11-20-14-27-23-21(20)15-26-22)17-25-13-19-9-5-2-6-10-19/h1,3-5,7-10,20H,2,6,11-17H2. The summed E-state index contributed by atoms with van der Waals surface area (Å²) in [5.74, 6) is 0.302. The summed E-state index contributed by atoms with van der Waals surface area (Å²) < 4.78 is 18.3. The van der Waals surface area contributed by atoms with Gasteiger partial charge in [0.25, 0.3) is 0 Å². The molecule has 0 saturated carbocycles. The van der Waals surface area contributed by atoms with Gasteiger partial charge in [-0.25, -0.2) is 0 Å². The van der Waals surface area contributed by atoms with Crippen molar-refractivity contribution in [3.63, 3.8) is 0 Å². The molecule has 2 unspecified atom stereocenters. The van der Waals surface area contributed by atoms with Gasteiger partial charge in [0.1, 0.15) is 12.2 Å². The maximum atomic E-state index is 6.21. The van der Waals surface area contributed by atoms with E-state index in [1.54, 1.807) is 0 Å². The largest absolute Gasteiger partial charge is 0.395 e. The molecule has 5 nitrogen and oxygen atoms in total.